The Bertz CT molecular complexity index is 739. The summed E-state index contributed by atoms with van der Waals surface area (Å²) in [4.78, 5) is 7.10. The predicted octanol–water partition coefficient (Wildman–Crippen LogP) is 4.50. The number of nitrogens with zero attached hydrogens (tertiary/aromatic N) is 2. The third-order valence-electron chi connectivity index (χ3n) is 3.56. The largest absolute Gasteiger partial charge is 0.433 e. The molecule has 1 aliphatic rings. The van der Waals surface area contributed by atoms with Gasteiger partial charge < -0.3 is 0 Å². The molecule has 0 saturated heterocycles. The van der Waals surface area contributed by atoms with Crippen LogP contribution >= 0.6 is 11.6 Å². The molecule has 0 saturated carbocycles. The summed E-state index contributed by atoms with van der Waals surface area (Å²) in [5.74, 6) is 0. The highest BCUT2D eigenvalue weighted by Gasteiger charge is 2.33. The molecule has 2 nitrogen and oxygen atoms in total. The Labute approximate surface area is 130 Å². The number of fused-ring (bicyclic) bond motifs is 1. The van der Waals surface area contributed by atoms with Crippen molar-refractivity contribution >= 4 is 17.7 Å². The van der Waals surface area contributed by atoms with Crippen molar-refractivity contribution in [2.45, 2.75) is 25.4 Å². The molecule has 1 aromatic heterocycles. The van der Waals surface area contributed by atoms with Crippen LogP contribution in [0.4, 0.5) is 13.2 Å². The second-order valence-corrected chi connectivity index (χ2v) is 5.49. The summed E-state index contributed by atoms with van der Waals surface area (Å²) in [6.45, 7) is 0. The molecule has 0 radical (unpaired) electrons. The Morgan fingerprint density at radius 2 is 1.91 bits per heavy atom. The van der Waals surface area contributed by atoms with Crippen molar-refractivity contribution in [3.8, 4) is 0 Å². The first kappa shape index (κ1) is 15.0. The Balaban J connectivity index is 1.76. The normalized spacial score (nSPS) is 13.5. The maximum Gasteiger partial charge on any atom is 0.433 e. The van der Waals surface area contributed by atoms with Crippen LogP contribution in [0.1, 0.15) is 28.1 Å². The number of hydrogen-bond acceptors (Lipinski definition) is 2. The smallest absolute Gasteiger partial charge is 0.223 e. The molecule has 0 aliphatic heterocycles. The number of hydrogen-bond donors (Lipinski definition) is 0. The van der Waals surface area contributed by atoms with Gasteiger partial charge in [-0.3, -0.25) is 0 Å². The van der Waals surface area contributed by atoms with Gasteiger partial charge in [-0.05, 0) is 53.6 Å². The Morgan fingerprint density at radius 1 is 1.09 bits per heavy atom. The molecular formula is C16H12ClF3N2. The SMILES string of the molecule is FC(F)(F)c1cc(CCc2ccc3c(c2)C=CC3)nc(Cl)n1. The molecule has 0 N–H and O–H groups in total. The molecule has 0 amide bonds. The molecule has 0 unspecified atom stereocenters. The van der Waals surface area contributed by atoms with Gasteiger partial charge >= 0.3 is 6.18 Å². The number of aryl methyl sites for hydroxylation is 2. The van der Waals surface area contributed by atoms with Crippen LogP contribution < -0.4 is 0 Å². The summed E-state index contributed by atoms with van der Waals surface area (Å²) >= 11 is 5.58. The molecule has 3 rings (SSSR count). The Kier molecular flexibility index (Phi) is 3.91. The first-order valence-corrected chi connectivity index (χ1v) is 7.18. The average Bonchev–Trinajstić information content (AvgIpc) is 2.91. The number of rotatable bonds is 3. The zero-order valence-electron chi connectivity index (χ0n) is 11.5. The van der Waals surface area contributed by atoms with Gasteiger partial charge in [-0.2, -0.15) is 13.2 Å². The summed E-state index contributed by atoms with van der Waals surface area (Å²) in [6, 6.07) is 7.07. The van der Waals surface area contributed by atoms with E-state index in [0.29, 0.717) is 18.5 Å². The van der Waals surface area contributed by atoms with Crippen LogP contribution in [0.25, 0.3) is 6.08 Å². The van der Waals surface area contributed by atoms with Crippen molar-refractivity contribution < 1.29 is 13.2 Å². The second-order valence-electron chi connectivity index (χ2n) is 5.15. The third kappa shape index (κ3) is 3.30. The van der Waals surface area contributed by atoms with Crippen molar-refractivity contribution in [1.29, 1.82) is 0 Å². The third-order valence-corrected chi connectivity index (χ3v) is 3.73. The van der Waals surface area contributed by atoms with Crippen molar-refractivity contribution in [2.24, 2.45) is 0 Å². The van der Waals surface area contributed by atoms with Gasteiger partial charge in [0.1, 0.15) is 5.69 Å². The molecule has 0 fully saturated rings. The van der Waals surface area contributed by atoms with E-state index in [2.05, 4.69) is 34.3 Å². The van der Waals surface area contributed by atoms with Gasteiger partial charge in [-0.25, -0.2) is 9.97 Å². The molecule has 0 atom stereocenters. The van der Waals surface area contributed by atoms with Gasteiger partial charge in [-0.15, -0.1) is 0 Å². The number of benzene rings is 1. The van der Waals surface area contributed by atoms with E-state index in [1.165, 1.54) is 11.1 Å². The van der Waals surface area contributed by atoms with E-state index in [4.69, 9.17) is 11.6 Å². The summed E-state index contributed by atoms with van der Waals surface area (Å²) < 4.78 is 38.1. The molecule has 1 aromatic carbocycles. The fourth-order valence-corrected chi connectivity index (χ4v) is 2.66. The number of allylic oxidation sites excluding steroid dienone is 1. The maximum absolute atomic E-state index is 12.7. The van der Waals surface area contributed by atoms with Gasteiger partial charge in [0.2, 0.25) is 5.28 Å². The molecule has 6 heteroatoms. The monoisotopic (exact) mass is 324 g/mol. The molecule has 114 valence electrons. The molecular weight excluding hydrogens is 313 g/mol. The summed E-state index contributed by atoms with van der Waals surface area (Å²) in [7, 11) is 0. The van der Waals surface area contributed by atoms with Crippen molar-refractivity contribution in [2.75, 3.05) is 0 Å². The van der Waals surface area contributed by atoms with Crippen LogP contribution in [0.3, 0.4) is 0 Å². The van der Waals surface area contributed by atoms with Crippen LogP contribution in [0.5, 0.6) is 0 Å². The number of halogens is 4. The lowest BCUT2D eigenvalue weighted by molar-refractivity contribution is -0.141. The molecule has 0 bridgehead atoms. The first-order chi connectivity index (χ1) is 10.4. The Hall–Kier alpha value is -1.88. The highest BCUT2D eigenvalue weighted by Crippen LogP contribution is 2.29. The van der Waals surface area contributed by atoms with E-state index in [0.717, 1.165) is 18.1 Å². The lowest BCUT2D eigenvalue weighted by atomic mass is 10.0. The number of aromatic nitrogens is 2. The van der Waals surface area contributed by atoms with E-state index >= 15 is 0 Å². The van der Waals surface area contributed by atoms with E-state index in [1.807, 2.05) is 6.07 Å². The van der Waals surface area contributed by atoms with Crippen LogP contribution in [-0.4, -0.2) is 9.97 Å². The van der Waals surface area contributed by atoms with Gasteiger partial charge in [0.25, 0.3) is 0 Å². The van der Waals surface area contributed by atoms with Crippen molar-refractivity contribution in [3.05, 3.63) is 63.7 Å². The fraction of sp³-hybridized carbons (Fsp3) is 0.250. The van der Waals surface area contributed by atoms with Crippen molar-refractivity contribution in [1.82, 2.24) is 9.97 Å². The molecule has 1 heterocycles. The van der Waals surface area contributed by atoms with E-state index in [1.54, 1.807) is 0 Å². The van der Waals surface area contributed by atoms with Crippen LogP contribution in [0.15, 0.2) is 30.3 Å². The standard InChI is InChI=1S/C16H12ClF3N2/c17-15-21-13(9-14(22-15)16(18,19)20)7-5-10-4-6-11-2-1-3-12(11)8-10/h1,3-4,6,8-9H,2,5,7H2. The van der Waals surface area contributed by atoms with Gasteiger partial charge in [0.05, 0.1) is 0 Å². The van der Waals surface area contributed by atoms with Crippen molar-refractivity contribution in [3.63, 3.8) is 0 Å². The minimum Gasteiger partial charge on any atom is -0.223 e. The Morgan fingerprint density at radius 3 is 2.68 bits per heavy atom. The summed E-state index contributed by atoms with van der Waals surface area (Å²) in [6.07, 6.45) is 1.56. The quantitative estimate of drug-likeness (QED) is 0.777. The minimum absolute atomic E-state index is 0.295. The number of alkyl halides is 3. The summed E-state index contributed by atoms with van der Waals surface area (Å²) in [5, 5.41) is -0.373. The van der Waals surface area contributed by atoms with Crippen LogP contribution in [0, 0.1) is 0 Å². The van der Waals surface area contributed by atoms with E-state index < -0.39 is 11.9 Å². The molecule has 2 aromatic rings. The zero-order valence-corrected chi connectivity index (χ0v) is 12.2. The van der Waals surface area contributed by atoms with Gasteiger partial charge in [-0.1, -0.05) is 30.4 Å². The highest BCUT2D eigenvalue weighted by atomic mass is 35.5. The fourth-order valence-electron chi connectivity index (χ4n) is 2.46. The van der Waals surface area contributed by atoms with Gasteiger partial charge in [0.15, 0.2) is 0 Å². The molecule has 0 spiro atoms. The zero-order chi connectivity index (χ0) is 15.7. The second kappa shape index (κ2) is 5.72. The van der Waals surface area contributed by atoms with E-state index in [-0.39, 0.29) is 5.28 Å². The predicted molar refractivity (Wildman–Crippen MR) is 78.6 cm³/mol. The topological polar surface area (TPSA) is 25.8 Å². The van der Waals surface area contributed by atoms with Gasteiger partial charge in [0, 0.05) is 5.69 Å². The lowest BCUT2D eigenvalue weighted by Gasteiger charge is -2.09. The maximum atomic E-state index is 12.7. The van der Waals surface area contributed by atoms with Crippen LogP contribution in [-0.2, 0) is 25.4 Å². The highest BCUT2D eigenvalue weighted by molar-refractivity contribution is 6.28. The first-order valence-electron chi connectivity index (χ1n) is 6.81. The molecule has 1 aliphatic carbocycles. The average molecular weight is 325 g/mol. The summed E-state index contributed by atoms with van der Waals surface area (Å²) in [5.41, 5.74) is 2.80. The van der Waals surface area contributed by atoms with E-state index in [9.17, 15) is 13.2 Å². The minimum atomic E-state index is -4.51. The lowest BCUT2D eigenvalue weighted by Crippen LogP contribution is -2.10. The molecule has 22 heavy (non-hydrogen) atoms. The van der Waals surface area contributed by atoms with Crippen LogP contribution in [0.2, 0.25) is 5.28 Å².